The number of rotatable bonds is 2. The standard InChI is InChI=1S/C9H19NO/c1-9(2)5-4-8(6-10-3)7-11-9/h8,10H,4-7H2,1-3H3. The molecule has 0 spiro atoms. The van der Waals surface area contributed by atoms with Gasteiger partial charge in [0.2, 0.25) is 0 Å². The molecule has 1 saturated heterocycles. The van der Waals surface area contributed by atoms with E-state index in [4.69, 9.17) is 4.74 Å². The lowest BCUT2D eigenvalue weighted by molar-refractivity contribution is -0.0755. The largest absolute Gasteiger partial charge is 0.375 e. The van der Waals surface area contributed by atoms with Crippen molar-refractivity contribution < 1.29 is 4.74 Å². The third kappa shape index (κ3) is 2.80. The van der Waals surface area contributed by atoms with Crippen LogP contribution in [0.25, 0.3) is 0 Å². The Morgan fingerprint density at radius 2 is 2.27 bits per heavy atom. The Morgan fingerprint density at radius 3 is 2.73 bits per heavy atom. The van der Waals surface area contributed by atoms with Gasteiger partial charge in [0.25, 0.3) is 0 Å². The van der Waals surface area contributed by atoms with Gasteiger partial charge in [0, 0.05) is 0 Å². The van der Waals surface area contributed by atoms with Crippen molar-refractivity contribution in [2.45, 2.75) is 32.3 Å². The Labute approximate surface area is 69.3 Å². The van der Waals surface area contributed by atoms with E-state index >= 15 is 0 Å². The minimum atomic E-state index is 0.129. The fourth-order valence-corrected chi connectivity index (χ4v) is 1.50. The molecule has 1 atom stereocenters. The van der Waals surface area contributed by atoms with Crippen molar-refractivity contribution in [2.75, 3.05) is 20.2 Å². The number of nitrogens with one attached hydrogen (secondary N) is 1. The maximum Gasteiger partial charge on any atom is 0.0626 e. The van der Waals surface area contributed by atoms with Crippen molar-refractivity contribution in [3.63, 3.8) is 0 Å². The normalized spacial score (nSPS) is 30.3. The van der Waals surface area contributed by atoms with Gasteiger partial charge in [0.15, 0.2) is 0 Å². The third-order valence-electron chi connectivity index (χ3n) is 2.36. The fraction of sp³-hybridized carbons (Fsp3) is 1.00. The molecular formula is C9H19NO. The summed E-state index contributed by atoms with van der Waals surface area (Å²) in [5, 5.41) is 3.18. The molecule has 0 aliphatic carbocycles. The SMILES string of the molecule is CNCC1CCC(C)(C)OC1. The highest BCUT2D eigenvalue weighted by Gasteiger charge is 2.26. The van der Waals surface area contributed by atoms with Crippen LogP contribution in [0.2, 0.25) is 0 Å². The Bertz CT molecular complexity index is 113. The molecule has 1 rings (SSSR count). The van der Waals surface area contributed by atoms with Gasteiger partial charge in [-0.15, -0.1) is 0 Å². The molecule has 0 amide bonds. The second kappa shape index (κ2) is 3.55. The predicted molar refractivity (Wildman–Crippen MR) is 46.7 cm³/mol. The molecule has 1 aliphatic heterocycles. The Balaban J connectivity index is 2.25. The smallest absolute Gasteiger partial charge is 0.0626 e. The zero-order valence-corrected chi connectivity index (χ0v) is 7.81. The summed E-state index contributed by atoms with van der Waals surface area (Å²) in [6.07, 6.45) is 2.49. The summed E-state index contributed by atoms with van der Waals surface area (Å²) in [4.78, 5) is 0. The lowest BCUT2D eigenvalue weighted by atomic mass is 9.92. The molecule has 0 saturated carbocycles. The zero-order chi connectivity index (χ0) is 8.32. The molecule has 0 bridgehead atoms. The Kier molecular flexibility index (Phi) is 2.90. The molecule has 2 nitrogen and oxygen atoms in total. The second-order valence-corrected chi connectivity index (χ2v) is 4.03. The van der Waals surface area contributed by atoms with Gasteiger partial charge in [-0.3, -0.25) is 0 Å². The van der Waals surface area contributed by atoms with Crippen LogP contribution in [0, 0.1) is 5.92 Å². The topological polar surface area (TPSA) is 21.3 Å². The molecule has 0 aromatic heterocycles. The average molecular weight is 157 g/mol. The van der Waals surface area contributed by atoms with E-state index in [1.807, 2.05) is 7.05 Å². The van der Waals surface area contributed by atoms with Gasteiger partial charge >= 0.3 is 0 Å². The molecule has 1 aliphatic rings. The predicted octanol–water partition coefficient (Wildman–Crippen LogP) is 1.41. The number of ether oxygens (including phenoxy) is 1. The van der Waals surface area contributed by atoms with Crippen LogP contribution >= 0.6 is 0 Å². The summed E-state index contributed by atoms with van der Waals surface area (Å²) < 4.78 is 5.69. The highest BCUT2D eigenvalue weighted by molar-refractivity contribution is 4.77. The van der Waals surface area contributed by atoms with Crippen molar-refractivity contribution >= 4 is 0 Å². The third-order valence-corrected chi connectivity index (χ3v) is 2.36. The van der Waals surface area contributed by atoms with Crippen LogP contribution in [0.5, 0.6) is 0 Å². The van der Waals surface area contributed by atoms with Crippen LogP contribution in [-0.4, -0.2) is 25.8 Å². The van der Waals surface area contributed by atoms with Crippen LogP contribution < -0.4 is 5.32 Å². The van der Waals surface area contributed by atoms with E-state index in [2.05, 4.69) is 19.2 Å². The van der Waals surface area contributed by atoms with E-state index in [0.717, 1.165) is 19.1 Å². The summed E-state index contributed by atoms with van der Waals surface area (Å²) >= 11 is 0. The molecule has 1 heterocycles. The summed E-state index contributed by atoms with van der Waals surface area (Å²) in [5.74, 6) is 0.730. The minimum Gasteiger partial charge on any atom is -0.375 e. The van der Waals surface area contributed by atoms with E-state index in [-0.39, 0.29) is 5.60 Å². The lowest BCUT2D eigenvalue weighted by Gasteiger charge is -2.34. The average Bonchev–Trinajstić information content (AvgIpc) is 1.94. The maximum absolute atomic E-state index is 5.69. The first-order chi connectivity index (χ1) is 5.14. The van der Waals surface area contributed by atoms with Gasteiger partial charge < -0.3 is 10.1 Å². The van der Waals surface area contributed by atoms with E-state index < -0.39 is 0 Å². The summed E-state index contributed by atoms with van der Waals surface area (Å²) in [5.41, 5.74) is 0.129. The van der Waals surface area contributed by atoms with Gasteiger partial charge in [-0.25, -0.2) is 0 Å². The van der Waals surface area contributed by atoms with Gasteiger partial charge in [0.05, 0.1) is 12.2 Å². The van der Waals surface area contributed by atoms with E-state index in [9.17, 15) is 0 Å². The molecule has 11 heavy (non-hydrogen) atoms. The van der Waals surface area contributed by atoms with Gasteiger partial charge in [-0.2, -0.15) is 0 Å². The van der Waals surface area contributed by atoms with Crippen LogP contribution in [0.4, 0.5) is 0 Å². The molecule has 1 fully saturated rings. The fourth-order valence-electron chi connectivity index (χ4n) is 1.50. The Hall–Kier alpha value is -0.0800. The van der Waals surface area contributed by atoms with Crippen molar-refractivity contribution in [3.05, 3.63) is 0 Å². The number of hydrogen-bond acceptors (Lipinski definition) is 2. The van der Waals surface area contributed by atoms with E-state index in [0.29, 0.717) is 0 Å². The molecule has 1 unspecified atom stereocenters. The maximum atomic E-state index is 5.69. The monoisotopic (exact) mass is 157 g/mol. The summed E-state index contributed by atoms with van der Waals surface area (Å²) in [6, 6.07) is 0. The summed E-state index contributed by atoms with van der Waals surface area (Å²) in [7, 11) is 2.00. The van der Waals surface area contributed by atoms with Crippen LogP contribution in [0.15, 0.2) is 0 Å². The van der Waals surface area contributed by atoms with Gasteiger partial charge in [0.1, 0.15) is 0 Å². The lowest BCUT2D eigenvalue weighted by Crippen LogP contribution is -2.37. The van der Waals surface area contributed by atoms with Crippen LogP contribution in [0.1, 0.15) is 26.7 Å². The van der Waals surface area contributed by atoms with Crippen molar-refractivity contribution in [2.24, 2.45) is 5.92 Å². The van der Waals surface area contributed by atoms with Crippen LogP contribution in [0.3, 0.4) is 0 Å². The van der Waals surface area contributed by atoms with Crippen molar-refractivity contribution in [3.8, 4) is 0 Å². The minimum absolute atomic E-state index is 0.129. The highest BCUT2D eigenvalue weighted by Crippen LogP contribution is 2.26. The summed E-state index contributed by atoms with van der Waals surface area (Å²) in [6.45, 7) is 6.36. The molecular weight excluding hydrogens is 138 g/mol. The first kappa shape index (κ1) is 9.01. The molecule has 0 aromatic carbocycles. The van der Waals surface area contributed by atoms with Gasteiger partial charge in [-0.05, 0) is 46.2 Å². The van der Waals surface area contributed by atoms with E-state index in [1.54, 1.807) is 0 Å². The second-order valence-electron chi connectivity index (χ2n) is 4.03. The number of hydrogen-bond donors (Lipinski definition) is 1. The van der Waals surface area contributed by atoms with Gasteiger partial charge in [-0.1, -0.05) is 0 Å². The van der Waals surface area contributed by atoms with E-state index in [1.165, 1.54) is 12.8 Å². The van der Waals surface area contributed by atoms with Crippen molar-refractivity contribution in [1.82, 2.24) is 5.32 Å². The molecule has 0 aromatic rings. The van der Waals surface area contributed by atoms with Crippen molar-refractivity contribution in [1.29, 1.82) is 0 Å². The molecule has 66 valence electrons. The first-order valence-corrected chi connectivity index (χ1v) is 4.42. The molecule has 0 radical (unpaired) electrons. The Morgan fingerprint density at radius 1 is 1.55 bits per heavy atom. The quantitative estimate of drug-likeness (QED) is 0.654. The molecule has 1 N–H and O–H groups in total. The first-order valence-electron chi connectivity index (χ1n) is 4.42. The highest BCUT2D eigenvalue weighted by atomic mass is 16.5. The van der Waals surface area contributed by atoms with Crippen LogP contribution in [-0.2, 0) is 4.74 Å². The zero-order valence-electron chi connectivity index (χ0n) is 7.81. The molecule has 2 heteroatoms.